The Morgan fingerprint density at radius 3 is 2.46 bits per heavy atom. The molecule has 3 heteroatoms. The van der Waals surface area contributed by atoms with Gasteiger partial charge < -0.3 is 9.15 Å². The molecule has 1 aromatic heterocycles. The van der Waals surface area contributed by atoms with Crippen LogP contribution >= 0.6 is 0 Å². The number of benzene rings is 3. The van der Waals surface area contributed by atoms with Crippen molar-refractivity contribution in [2.45, 2.75) is 26.4 Å². The Kier molecular flexibility index (Phi) is 4.98. The molecule has 4 rings (SSSR count). The Balaban J connectivity index is 1.74. The first-order chi connectivity index (χ1) is 13.6. The van der Waals surface area contributed by atoms with Crippen molar-refractivity contribution in [2.24, 2.45) is 0 Å². The van der Waals surface area contributed by atoms with Gasteiger partial charge in [-0.25, -0.2) is 0 Å². The minimum Gasteiger partial charge on any atom is -0.488 e. The smallest absolute Gasteiger partial charge is 0.196 e. The summed E-state index contributed by atoms with van der Waals surface area (Å²) in [6.07, 6.45) is 1.58. The first kappa shape index (κ1) is 18.1. The van der Waals surface area contributed by atoms with Crippen molar-refractivity contribution in [1.82, 2.24) is 0 Å². The van der Waals surface area contributed by atoms with Gasteiger partial charge in [-0.05, 0) is 35.2 Å². The highest BCUT2D eigenvalue weighted by atomic mass is 16.5. The monoisotopic (exact) mass is 370 g/mol. The molecule has 0 saturated heterocycles. The first-order valence-electron chi connectivity index (χ1n) is 9.45. The van der Waals surface area contributed by atoms with E-state index in [2.05, 4.69) is 0 Å². The van der Waals surface area contributed by atoms with Gasteiger partial charge in [-0.1, -0.05) is 68.4 Å². The minimum atomic E-state index is 0.0285. The van der Waals surface area contributed by atoms with Crippen LogP contribution in [-0.2, 0) is 6.61 Å². The summed E-state index contributed by atoms with van der Waals surface area (Å²) in [4.78, 5) is 12.9. The molecule has 0 spiro atoms. The van der Waals surface area contributed by atoms with Crippen molar-refractivity contribution in [3.8, 4) is 16.9 Å². The van der Waals surface area contributed by atoms with Crippen LogP contribution in [0.5, 0.6) is 5.75 Å². The fourth-order valence-corrected chi connectivity index (χ4v) is 3.28. The number of hydrogen-bond donors (Lipinski definition) is 0. The minimum absolute atomic E-state index is 0.0285. The summed E-state index contributed by atoms with van der Waals surface area (Å²) in [7, 11) is 0. The molecule has 28 heavy (non-hydrogen) atoms. The van der Waals surface area contributed by atoms with Gasteiger partial charge in [0.05, 0.1) is 11.6 Å². The molecule has 0 aliphatic carbocycles. The quantitative estimate of drug-likeness (QED) is 0.422. The Labute approximate surface area is 164 Å². The summed E-state index contributed by atoms with van der Waals surface area (Å²) in [6.45, 7) is 4.48. The van der Waals surface area contributed by atoms with Gasteiger partial charge in [-0.3, -0.25) is 4.79 Å². The Bertz CT molecular complexity index is 1160. The first-order valence-corrected chi connectivity index (χ1v) is 9.45. The van der Waals surface area contributed by atoms with Crippen molar-refractivity contribution in [2.75, 3.05) is 0 Å². The van der Waals surface area contributed by atoms with Gasteiger partial charge in [-0.2, -0.15) is 0 Å². The van der Waals surface area contributed by atoms with E-state index in [1.807, 2.05) is 86.6 Å². The third kappa shape index (κ3) is 3.56. The topological polar surface area (TPSA) is 39.4 Å². The molecular formula is C25H22O3. The van der Waals surface area contributed by atoms with Crippen LogP contribution in [0.25, 0.3) is 22.1 Å². The number of ether oxygens (including phenoxy) is 1. The molecule has 0 aliphatic rings. The average molecular weight is 370 g/mol. The van der Waals surface area contributed by atoms with Crippen LogP contribution in [0.1, 0.15) is 30.9 Å². The Hall–Kier alpha value is -3.33. The van der Waals surface area contributed by atoms with Crippen LogP contribution in [0.3, 0.4) is 0 Å². The van der Waals surface area contributed by atoms with Gasteiger partial charge >= 0.3 is 0 Å². The van der Waals surface area contributed by atoms with Gasteiger partial charge in [-0.15, -0.1) is 0 Å². The van der Waals surface area contributed by atoms with Crippen LogP contribution in [0.2, 0.25) is 0 Å². The van der Waals surface area contributed by atoms with E-state index in [4.69, 9.17) is 9.15 Å². The van der Waals surface area contributed by atoms with Gasteiger partial charge in [0.15, 0.2) is 5.43 Å². The Morgan fingerprint density at radius 2 is 1.68 bits per heavy atom. The molecule has 4 aromatic rings. The highest BCUT2D eigenvalue weighted by Crippen LogP contribution is 2.32. The molecule has 0 unspecified atom stereocenters. The van der Waals surface area contributed by atoms with Crippen LogP contribution in [0, 0.1) is 0 Å². The number of para-hydroxylation sites is 1. The lowest BCUT2D eigenvalue weighted by atomic mass is 9.99. The second-order valence-electron chi connectivity index (χ2n) is 7.16. The maximum absolute atomic E-state index is 12.9. The highest BCUT2D eigenvalue weighted by Gasteiger charge is 2.13. The normalized spacial score (nSPS) is 11.1. The molecule has 1 heterocycles. The lowest BCUT2D eigenvalue weighted by Gasteiger charge is -2.12. The predicted octanol–water partition coefficient (Wildman–Crippen LogP) is 6.16. The van der Waals surface area contributed by atoms with Crippen LogP contribution < -0.4 is 10.2 Å². The SMILES string of the molecule is CC(C)c1coc2ccc(-c3ccccc3OCc3ccccc3)cc2c1=O. The standard InChI is InChI=1S/C25H22O3/c1-17(2)22-16-28-24-13-12-19(14-21(24)25(22)26)20-10-6-7-11-23(20)27-15-18-8-4-3-5-9-18/h3-14,16-17H,15H2,1-2H3. The van der Waals surface area contributed by atoms with Crippen LogP contribution in [-0.4, -0.2) is 0 Å². The van der Waals surface area contributed by atoms with Gasteiger partial charge in [0.25, 0.3) is 0 Å². The second kappa shape index (κ2) is 7.73. The summed E-state index contributed by atoms with van der Waals surface area (Å²) >= 11 is 0. The molecule has 0 aliphatic heterocycles. The second-order valence-corrected chi connectivity index (χ2v) is 7.16. The van der Waals surface area contributed by atoms with Crippen molar-refractivity contribution < 1.29 is 9.15 Å². The fraction of sp³-hybridized carbons (Fsp3) is 0.160. The summed E-state index contributed by atoms with van der Waals surface area (Å²) in [5.74, 6) is 0.904. The Morgan fingerprint density at radius 1 is 0.929 bits per heavy atom. The lowest BCUT2D eigenvalue weighted by molar-refractivity contribution is 0.307. The summed E-state index contributed by atoms with van der Waals surface area (Å²) in [6, 6.07) is 23.7. The number of hydrogen-bond acceptors (Lipinski definition) is 3. The summed E-state index contributed by atoms with van der Waals surface area (Å²) in [5.41, 5.74) is 4.32. The zero-order chi connectivity index (χ0) is 19.5. The molecule has 0 N–H and O–H groups in total. The molecule has 0 atom stereocenters. The molecule has 0 bridgehead atoms. The zero-order valence-electron chi connectivity index (χ0n) is 16.0. The molecule has 140 valence electrons. The van der Waals surface area contributed by atoms with E-state index in [-0.39, 0.29) is 11.3 Å². The molecular weight excluding hydrogens is 348 g/mol. The lowest BCUT2D eigenvalue weighted by Crippen LogP contribution is -2.10. The van der Waals surface area contributed by atoms with E-state index in [0.29, 0.717) is 23.1 Å². The third-order valence-electron chi connectivity index (χ3n) is 4.86. The van der Waals surface area contributed by atoms with E-state index >= 15 is 0 Å². The van der Waals surface area contributed by atoms with E-state index in [9.17, 15) is 4.79 Å². The van der Waals surface area contributed by atoms with Crippen LogP contribution in [0.15, 0.2) is 88.3 Å². The van der Waals surface area contributed by atoms with E-state index < -0.39 is 0 Å². The van der Waals surface area contributed by atoms with E-state index in [0.717, 1.165) is 22.4 Å². The van der Waals surface area contributed by atoms with E-state index in [1.165, 1.54) is 0 Å². The van der Waals surface area contributed by atoms with Crippen molar-refractivity contribution in [3.05, 3.63) is 100 Å². The van der Waals surface area contributed by atoms with E-state index in [1.54, 1.807) is 6.26 Å². The largest absolute Gasteiger partial charge is 0.488 e. The third-order valence-corrected chi connectivity index (χ3v) is 4.86. The molecule has 0 saturated carbocycles. The molecule has 0 fully saturated rings. The molecule has 3 aromatic carbocycles. The zero-order valence-corrected chi connectivity index (χ0v) is 16.0. The average Bonchev–Trinajstić information content (AvgIpc) is 2.73. The predicted molar refractivity (Wildman–Crippen MR) is 113 cm³/mol. The highest BCUT2D eigenvalue weighted by molar-refractivity contribution is 5.84. The summed E-state index contributed by atoms with van der Waals surface area (Å²) in [5, 5.41) is 0.599. The van der Waals surface area contributed by atoms with Gasteiger partial charge in [0.2, 0.25) is 0 Å². The van der Waals surface area contributed by atoms with Gasteiger partial charge in [0, 0.05) is 11.1 Å². The fourth-order valence-electron chi connectivity index (χ4n) is 3.28. The van der Waals surface area contributed by atoms with Crippen molar-refractivity contribution in [3.63, 3.8) is 0 Å². The maximum Gasteiger partial charge on any atom is 0.196 e. The molecule has 0 radical (unpaired) electrons. The van der Waals surface area contributed by atoms with Gasteiger partial charge in [0.1, 0.15) is 17.9 Å². The molecule has 3 nitrogen and oxygen atoms in total. The molecule has 0 amide bonds. The maximum atomic E-state index is 12.9. The summed E-state index contributed by atoms with van der Waals surface area (Å²) < 4.78 is 11.8. The number of fused-ring (bicyclic) bond motifs is 1. The number of rotatable bonds is 5. The van der Waals surface area contributed by atoms with Crippen molar-refractivity contribution >= 4 is 11.0 Å². The van der Waals surface area contributed by atoms with Crippen molar-refractivity contribution in [1.29, 1.82) is 0 Å². The van der Waals surface area contributed by atoms with Crippen LogP contribution in [0.4, 0.5) is 0 Å².